The number of benzene rings is 1. The van der Waals surface area contributed by atoms with E-state index in [4.69, 9.17) is 17.0 Å². The predicted octanol–water partition coefficient (Wildman–Crippen LogP) is 0.752. The highest BCUT2D eigenvalue weighted by Gasteiger charge is 2.34. The van der Waals surface area contributed by atoms with Gasteiger partial charge in [-0.05, 0) is 32.1 Å². The Labute approximate surface area is 166 Å². The van der Waals surface area contributed by atoms with Crippen molar-refractivity contribution in [2.45, 2.75) is 32.4 Å². The summed E-state index contributed by atoms with van der Waals surface area (Å²) in [7, 11) is 0. The first-order valence-electron chi connectivity index (χ1n) is 8.53. The van der Waals surface area contributed by atoms with Crippen molar-refractivity contribution in [1.29, 1.82) is 0 Å². The van der Waals surface area contributed by atoms with Gasteiger partial charge in [-0.1, -0.05) is 12.1 Å². The van der Waals surface area contributed by atoms with Crippen molar-refractivity contribution in [2.75, 3.05) is 13.1 Å². The number of thiocarbonyl (C=S) groups is 1. The van der Waals surface area contributed by atoms with Crippen LogP contribution in [0, 0.1) is 10.1 Å². The molecule has 150 valence electrons. The lowest BCUT2D eigenvalue weighted by atomic mass is 10.1. The van der Waals surface area contributed by atoms with Crippen LogP contribution in [0.1, 0.15) is 30.6 Å². The molecule has 1 aromatic rings. The van der Waals surface area contributed by atoms with Crippen LogP contribution in [-0.4, -0.2) is 58.0 Å². The molecule has 1 saturated heterocycles. The van der Waals surface area contributed by atoms with Crippen molar-refractivity contribution in [3.8, 4) is 0 Å². The molecule has 0 aliphatic carbocycles. The minimum Gasteiger partial charge on any atom is -0.463 e. The molecule has 1 atom stereocenters. The van der Waals surface area contributed by atoms with E-state index in [1.807, 2.05) is 0 Å². The van der Waals surface area contributed by atoms with Gasteiger partial charge < -0.3 is 15.0 Å². The summed E-state index contributed by atoms with van der Waals surface area (Å²) in [5.41, 5.74) is -0.525. The average molecular weight is 408 g/mol. The summed E-state index contributed by atoms with van der Waals surface area (Å²) in [6.07, 6.45) is -0.580. The van der Waals surface area contributed by atoms with Crippen LogP contribution in [0.3, 0.4) is 0 Å². The third kappa shape index (κ3) is 5.22. The number of amides is 2. The summed E-state index contributed by atoms with van der Waals surface area (Å²) in [5.74, 6) is -1.77. The molecule has 1 aliphatic rings. The SMILES string of the molecule is CC(C)OC(=O)C[C@H]1C(=O)NCCN1C(=S)NC(=O)c1ccccc1[N+](=O)[O-]. The van der Waals surface area contributed by atoms with Crippen LogP contribution >= 0.6 is 12.2 Å². The first kappa shape index (κ1) is 21.2. The Bertz CT molecular complexity index is 813. The van der Waals surface area contributed by atoms with Gasteiger partial charge in [0, 0.05) is 19.2 Å². The van der Waals surface area contributed by atoms with Crippen LogP contribution in [0.5, 0.6) is 0 Å². The number of para-hydroxylation sites is 1. The summed E-state index contributed by atoms with van der Waals surface area (Å²) in [6, 6.07) is 4.49. The van der Waals surface area contributed by atoms with Gasteiger partial charge in [0.2, 0.25) is 5.91 Å². The lowest BCUT2D eigenvalue weighted by Crippen LogP contribution is -2.60. The molecule has 0 radical (unpaired) electrons. The lowest BCUT2D eigenvalue weighted by Gasteiger charge is -2.36. The lowest BCUT2D eigenvalue weighted by molar-refractivity contribution is -0.385. The Morgan fingerprint density at radius 1 is 1.43 bits per heavy atom. The van der Waals surface area contributed by atoms with E-state index in [1.54, 1.807) is 13.8 Å². The highest BCUT2D eigenvalue weighted by atomic mass is 32.1. The molecule has 28 heavy (non-hydrogen) atoms. The number of hydrogen-bond acceptors (Lipinski definition) is 7. The number of nitrogens with zero attached hydrogens (tertiary/aromatic N) is 2. The van der Waals surface area contributed by atoms with E-state index in [0.717, 1.165) is 0 Å². The fraction of sp³-hybridized carbons (Fsp3) is 0.412. The van der Waals surface area contributed by atoms with E-state index in [9.17, 15) is 24.5 Å². The molecule has 0 saturated carbocycles. The van der Waals surface area contributed by atoms with Crippen molar-refractivity contribution < 1.29 is 24.0 Å². The maximum Gasteiger partial charge on any atom is 0.308 e. The predicted molar refractivity (Wildman–Crippen MR) is 103 cm³/mol. The first-order valence-corrected chi connectivity index (χ1v) is 8.94. The Balaban J connectivity index is 2.14. The monoisotopic (exact) mass is 408 g/mol. The van der Waals surface area contributed by atoms with Gasteiger partial charge in [-0.15, -0.1) is 0 Å². The third-order valence-corrected chi connectivity index (χ3v) is 4.22. The van der Waals surface area contributed by atoms with E-state index < -0.39 is 28.7 Å². The van der Waals surface area contributed by atoms with Gasteiger partial charge in [0.1, 0.15) is 11.6 Å². The molecule has 11 heteroatoms. The molecular formula is C17H20N4O6S. The zero-order valence-corrected chi connectivity index (χ0v) is 16.2. The molecule has 1 heterocycles. The van der Waals surface area contributed by atoms with E-state index in [2.05, 4.69) is 10.6 Å². The van der Waals surface area contributed by atoms with Crippen LogP contribution in [0.15, 0.2) is 24.3 Å². The Morgan fingerprint density at radius 3 is 2.75 bits per heavy atom. The molecule has 0 aromatic heterocycles. The highest BCUT2D eigenvalue weighted by molar-refractivity contribution is 7.80. The van der Waals surface area contributed by atoms with Gasteiger partial charge in [0.05, 0.1) is 17.4 Å². The average Bonchev–Trinajstić information content (AvgIpc) is 2.62. The number of rotatable bonds is 5. The van der Waals surface area contributed by atoms with Crippen LogP contribution in [0.25, 0.3) is 0 Å². The summed E-state index contributed by atoms with van der Waals surface area (Å²) in [4.78, 5) is 48.5. The maximum absolute atomic E-state index is 12.5. The molecule has 0 unspecified atom stereocenters. The molecule has 1 fully saturated rings. The van der Waals surface area contributed by atoms with Crippen LogP contribution < -0.4 is 10.6 Å². The zero-order chi connectivity index (χ0) is 20.8. The second kappa shape index (κ2) is 9.22. The number of piperazine rings is 1. The second-order valence-electron chi connectivity index (χ2n) is 6.28. The van der Waals surface area contributed by atoms with Gasteiger partial charge in [-0.2, -0.15) is 0 Å². The molecule has 2 amide bonds. The minimum absolute atomic E-state index is 0.0969. The van der Waals surface area contributed by atoms with E-state index >= 15 is 0 Å². The molecule has 1 aromatic carbocycles. The third-order valence-electron chi connectivity index (χ3n) is 3.88. The van der Waals surface area contributed by atoms with Crippen molar-refractivity contribution >= 4 is 40.8 Å². The fourth-order valence-corrected chi connectivity index (χ4v) is 3.00. The highest BCUT2D eigenvalue weighted by Crippen LogP contribution is 2.18. The quantitative estimate of drug-likeness (QED) is 0.316. The molecule has 0 bridgehead atoms. The number of nitro groups is 1. The number of nitro benzene ring substituents is 1. The normalized spacial score (nSPS) is 16.3. The van der Waals surface area contributed by atoms with E-state index in [1.165, 1.54) is 29.2 Å². The zero-order valence-electron chi connectivity index (χ0n) is 15.3. The number of nitrogens with one attached hydrogen (secondary N) is 2. The van der Waals surface area contributed by atoms with Crippen molar-refractivity contribution in [2.24, 2.45) is 0 Å². The Kier molecular flexibility index (Phi) is 6.99. The number of hydrogen-bond donors (Lipinski definition) is 2. The minimum atomic E-state index is -0.946. The number of ether oxygens (including phenoxy) is 1. The maximum atomic E-state index is 12.5. The smallest absolute Gasteiger partial charge is 0.308 e. The van der Waals surface area contributed by atoms with Gasteiger partial charge in [0.15, 0.2) is 5.11 Å². The second-order valence-corrected chi connectivity index (χ2v) is 6.66. The first-order chi connectivity index (χ1) is 13.2. The molecular weight excluding hydrogens is 388 g/mol. The topological polar surface area (TPSA) is 131 Å². The number of carbonyl (C=O) groups is 3. The summed E-state index contributed by atoms with van der Waals surface area (Å²) in [5, 5.41) is 16.0. The van der Waals surface area contributed by atoms with Crippen molar-refractivity contribution in [3.05, 3.63) is 39.9 Å². The molecule has 2 rings (SSSR count). The fourth-order valence-electron chi connectivity index (χ4n) is 2.69. The Hall–Kier alpha value is -3.08. The standard InChI is InChI=1S/C17H20N4O6S/c1-10(2)27-14(22)9-13-16(24)18-7-8-20(13)17(28)19-15(23)11-5-3-4-6-12(11)21(25)26/h3-6,10,13H,7-9H2,1-2H3,(H,18,24)(H,19,23,28)/t13-/m0/s1. The van der Waals surface area contributed by atoms with Gasteiger partial charge in [0.25, 0.3) is 11.6 Å². The van der Waals surface area contributed by atoms with E-state index in [0.29, 0.717) is 0 Å². The molecule has 10 nitrogen and oxygen atoms in total. The molecule has 0 spiro atoms. The van der Waals surface area contributed by atoms with Gasteiger partial charge in [-0.3, -0.25) is 29.8 Å². The van der Waals surface area contributed by atoms with E-state index in [-0.39, 0.29) is 42.0 Å². The largest absolute Gasteiger partial charge is 0.463 e. The molecule has 2 N–H and O–H groups in total. The van der Waals surface area contributed by atoms with Gasteiger partial charge in [-0.25, -0.2) is 0 Å². The number of esters is 1. The summed E-state index contributed by atoms with van der Waals surface area (Å²) in [6.45, 7) is 3.92. The molecule has 1 aliphatic heterocycles. The van der Waals surface area contributed by atoms with Gasteiger partial charge >= 0.3 is 5.97 Å². The summed E-state index contributed by atoms with van der Waals surface area (Å²) >= 11 is 5.22. The van der Waals surface area contributed by atoms with Crippen LogP contribution in [0.4, 0.5) is 5.69 Å². The van der Waals surface area contributed by atoms with Crippen molar-refractivity contribution in [1.82, 2.24) is 15.5 Å². The van der Waals surface area contributed by atoms with Crippen molar-refractivity contribution in [3.63, 3.8) is 0 Å². The van der Waals surface area contributed by atoms with Crippen LogP contribution in [0.2, 0.25) is 0 Å². The summed E-state index contributed by atoms with van der Waals surface area (Å²) < 4.78 is 5.07. The van der Waals surface area contributed by atoms with Crippen LogP contribution in [-0.2, 0) is 14.3 Å². The Morgan fingerprint density at radius 2 is 2.11 bits per heavy atom. The number of carbonyl (C=O) groups excluding carboxylic acids is 3.